The summed E-state index contributed by atoms with van der Waals surface area (Å²) in [5, 5.41) is 0. The summed E-state index contributed by atoms with van der Waals surface area (Å²) < 4.78 is 31.1. The van der Waals surface area contributed by atoms with Crippen molar-refractivity contribution >= 4 is 15.9 Å². The predicted molar refractivity (Wildman–Crippen MR) is 78.4 cm³/mol. The Morgan fingerprint density at radius 1 is 1.00 bits per heavy atom. The average Bonchev–Trinajstić information content (AvgIpc) is 2.76. The third-order valence-electron chi connectivity index (χ3n) is 3.43. The SMILES string of the molecule is O=S(=O)(Nc1ccccc1)N1CCCn2cccc2C1. The minimum absolute atomic E-state index is 0.412. The molecule has 1 aromatic heterocycles. The number of nitrogens with zero attached hydrogens (tertiary/aromatic N) is 2. The molecule has 0 fully saturated rings. The van der Waals surface area contributed by atoms with Gasteiger partial charge in [0.25, 0.3) is 0 Å². The standard InChI is InChI=1S/C14H17N3O2S/c18-20(19,15-13-6-2-1-3-7-13)17-11-5-10-16-9-4-8-14(16)12-17/h1-4,6-9,15H,5,10-12H2. The Morgan fingerprint density at radius 2 is 1.80 bits per heavy atom. The van der Waals surface area contributed by atoms with Crippen LogP contribution in [-0.2, 0) is 23.3 Å². The van der Waals surface area contributed by atoms with Crippen LogP contribution >= 0.6 is 0 Å². The zero-order valence-corrected chi connectivity index (χ0v) is 11.9. The molecule has 0 saturated heterocycles. The van der Waals surface area contributed by atoms with Crippen molar-refractivity contribution in [3.8, 4) is 0 Å². The van der Waals surface area contributed by atoms with Crippen molar-refractivity contribution in [3.05, 3.63) is 54.4 Å². The topological polar surface area (TPSA) is 54.3 Å². The quantitative estimate of drug-likeness (QED) is 0.941. The first-order valence-corrected chi connectivity index (χ1v) is 8.06. The average molecular weight is 291 g/mol. The van der Waals surface area contributed by atoms with E-state index in [2.05, 4.69) is 9.29 Å². The fraction of sp³-hybridized carbons (Fsp3) is 0.286. The molecule has 1 aliphatic heterocycles. The van der Waals surface area contributed by atoms with Gasteiger partial charge in [0.2, 0.25) is 0 Å². The summed E-state index contributed by atoms with van der Waals surface area (Å²) in [4.78, 5) is 0. The van der Waals surface area contributed by atoms with Crippen molar-refractivity contribution in [1.29, 1.82) is 0 Å². The lowest BCUT2D eigenvalue weighted by Crippen LogP contribution is -2.35. The van der Waals surface area contributed by atoms with Gasteiger partial charge < -0.3 is 4.57 Å². The Balaban J connectivity index is 1.81. The van der Waals surface area contributed by atoms with Gasteiger partial charge >= 0.3 is 10.2 Å². The number of anilines is 1. The van der Waals surface area contributed by atoms with Crippen LogP contribution in [0.2, 0.25) is 0 Å². The Hall–Kier alpha value is -1.79. The van der Waals surface area contributed by atoms with Crippen molar-refractivity contribution in [3.63, 3.8) is 0 Å². The Labute approximate surface area is 119 Å². The number of fused-ring (bicyclic) bond motifs is 1. The van der Waals surface area contributed by atoms with Crippen molar-refractivity contribution in [2.45, 2.75) is 19.5 Å². The molecule has 0 unspecified atom stereocenters. The maximum atomic E-state index is 12.4. The first-order valence-electron chi connectivity index (χ1n) is 6.62. The fourth-order valence-electron chi connectivity index (χ4n) is 2.41. The molecule has 2 heterocycles. The van der Waals surface area contributed by atoms with Crippen LogP contribution in [0.15, 0.2) is 48.7 Å². The van der Waals surface area contributed by atoms with Gasteiger partial charge in [-0.15, -0.1) is 0 Å². The van der Waals surface area contributed by atoms with Crippen molar-refractivity contribution in [2.24, 2.45) is 0 Å². The zero-order valence-electron chi connectivity index (χ0n) is 11.1. The van der Waals surface area contributed by atoms with E-state index >= 15 is 0 Å². The lowest BCUT2D eigenvalue weighted by Gasteiger charge is -2.20. The molecule has 6 heteroatoms. The van der Waals surface area contributed by atoms with E-state index in [0.717, 1.165) is 18.7 Å². The molecule has 3 rings (SSSR count). The van der Waals surface area contributed by atoms with E-state index < -0.39 is 10.2 Å². The zero-order chi connectivity index (χ0) is 14.0. The van der Waals surface area contributed by atoms with Crippen LogP contribution in [0.3, 0.4) is 0 Å². The predicted octanol–water partition coefficient (Wildman–Crippen LogP) is 2.05. The number of benzene rings is 1. The van der Waals surface area contributed by atoms with Gasteiger partial charge in [0.1, 0.15) is 0 Å². The minimum atomic E-state index is -3.51. The Kier molecular flexibility index (Phi) is 3.50. The van der Waals surface area contributed by atoms with E-state index in [1.165, 1.54) is 4.31 Å². The molecule has 0 saturated carbocycles. The second-order valence-electron chi connectivity index (χ2n) is 4.85. The smallest absolute Gasteiger partial charge is 0.301 e. The highest BCUT2D eigenvalue weighted by atomic mass is 32.2. The number of hydrogen-bond acceptors (Lipinski definition) is 2. The first kappa shape index (κ1) is 13.2. The largest absolute Gasteiger partial charge is 0.350 e. The van der Waals surface area contributed by atoms with Crippen molar-refractivity contribution in [1.82, 2.24) is 8.87 Å². The van der Waals surface area contributed by atoms with Gasteiger partial charge in [0.15, 0.2) is 0 Å². The molecule has 0 aliphatic carbocycles. The van der Waals surface area contributed by atoms with E-state index in [0.29, 0.717) is 18.8 Å². The minimum Gasteiger partial charge on any atom is -0.350 e. The Bertz CT molecular complexity index is 679. The van der Waals surface area contributed by atoms with Gasteiger partial charge in [-0.2, -0.15) is 12.7 Å². The summed E-state index contributed by atoms with van der Waals surface area (Å²) in [5.74, 6) is 0. The molecule has 20 heavy (non-hydrogen) atoms. The van der Waals surface area contributed by atoms with Crippen molar-refractivity contribution in [2.75, 3.05) is 11.3 Å². The van der Waals surface area contributed by atoms with Gasteiger partial charge in [-0.3, -0.25) is 4.72 Å². The molecule has 1 N–H and O–H groups in total. The van der Waals surface area contributed by atoms with Gasteiger partial charge in [-0.05, 0) is 30.7 Å². The highest BCUT2D eigenvalue weighted by Gasteiger charge is 2.24. The number of para-hydroxylation sites is 1. The number of nitrogens with one attached hydrogen (secondary N) is 1. The van der Waals surface area contributed by atoms with Crippen LogP contribution in [-0.4, -0.2) is 23.8 Å². The monoisotopic (exact) mass is 291 g/mol. The number of hydrogen-bond donors (Lipinski definition) is 1. The molecule has 106 valence electrons. The summed E-state index contributed by atoms with van der Waals surface area (Å²) in [6.07, 6.45) is 2.81. The highest BCUT2D eigenvalue weighted by molar-refractivity contribution is 7.90. The molecule has 2 aromatic rings. The maximum Gasteiger partial charge on any atom is 0.301 e. The molecular formula is C14H17N3O2S. The molecule has 0 bridgehead atoms. The van der Waals surface area contributed by atoms with Gasteiger partial charge in [-0.25, -0.2) is 0 Å². The van der Waals surface area contributed by atoms with E-state index in [1.807, 2.05) is 36.5 Å². The lowest BCUT2D eigenvalue weighted by molar-refractivity contribution is 0.413. The summed E-state index contributed by atoms with van der Waals surface area (Å²) in [5.41, 5.74) is 1.62. The molecule has 0 amide bonds. The lowest BCUT2D eigenvalue weighted by atomic mass is 10.3. The second kappa shape index (κ2) is 5.30. The summed E-state index contributed by atoms with van der Waals surface area (Å²) in [6, 6.07) is 12.9. The summed E-state index contributed by atoms with van der Waals surface area (Å²) >= 11 is 0. The van der Waals surface area contributed by atoms with Crippen LogP contribution < -0.4 is 4.72 Å². The highest BCUT2D eigenvalue weighted by Crippen LogP contribution is 2.18. The van der Waals surface area contributed by atoms with Crippen LogP contribution in [0.5, 0.6) is 0 Å². The van der Waals surface area contributed by atoms with Crippen LogP contribution in [0.1, 0.15) is 12.1 Å². The molecule has 1 aliphatic rings. The maximum absolute atomic E-state index is 12.4. The van der Waals surface area contributed by atoms with E-state index in [9.17, 15) is 8.42 Å². The van der Waals surface area contributed by atoms with E-state index in [1.54, 1.807) is 12.1 Å². The third kappa shape index (κ3) is 2.71. The number of aromatic nitrogens is 1. The first-order chi connectivity index (χ1) is 9.65. The van der Waals surface area contributed by atoms with Crippen LogP contribution in [0.25, 0.3) is 0 Å². The molecule has 1 aromatic carbocycles. The summed E-state index contributed by atoms with van der Waals surface area (Å²) in [7, 11) is -3.51. The third-order valence-corrected chi connectivity index (χ3v) is 4.91. The molecule has 0 spiro atoms. The van der Waals surface area contributed by atoms with E-state index in [4.69, 9.17) is 0 Å². The number of aryl methyl sites for hydroxylation is 1. The second-order valence-corrected chi connectivity index (χ2v) is 6.52. The molecular weight excluding hydrogens is 274 g/mol. The van der Waals surface area contributed by atoms with E-state index in [-0.39, 0.29) is 0 Å². The molecule has 5 nitrogen and oxygen atoms in total. The molecule has 0 atom stereocenters. The van der Waals surface area contributed by atoms with Crippen molar-refractivity contribution < 1.29 is 8.42 Å². The normalized spacial score (nSPS) is 16.4. The summed E-state index contributed by atoms with van der Waals surface area (Å²) in [6.45, 7) is 1.80. The van der Waals surface area contributed by atoms with Gasteiger partial charge in [0, 0.05) is 30.7 Å². The Morgan fingerprint density at radius 3 is 2.60 bits per heavy atom. The van der Waals surface area contributed by atoms with Gasteiger partial charge in [0.05, 0.1) is 6.54 Å². The number of rotatable bonds is 3. The van der Waals surface area contributed by atoms with Crippen LogP contribution in [0.4, 0.5) is 5.69 Å². The van der Waals surface area contributed by atoms with Gasteiger partial charge in [-0.1, -0.05) is 18.2 Å². The molecule has 0 radical (unpaired) electrons. The fourth-order valence-corrected chi connectivity index (χ4v) is 3.65. The van der Waals surface area contributed by atoms with Crippen LogP contribution in [0, 0.1) is 0 Å².